The van der Waals surface area contributed by atoms with Crippen molar-refractivity contribution >= 4 is 5.91 Å². The van der Waals surface area contributed by atoms with Gasteiger partial charge in [0, 0.05) is 45.7 Å². The fraction of sp³-hybridized carbons (Fsp3) is 0.917. The summed E-state index contributed by atoms with van der Waals surface area (Å²) in [6, 6.07) is 0.787. The van der Waals surface area contributed by atoms with Gasteiger partial charge in [-0.25, -0.2) is 0 Å². The molecule has 2 N–H and O–H groups in total. The predicted octanol–water partition coefficient (Wildman–Crippen LogP) is 0.278. The summed E-state index contributed by atoms with van der Waals surface area (Å²) in [6.45, 7) is 6.46. The molecular weight excluding hydrogens is 202 g/mol. The first kappa shape index (κ1) is 11.9. The minimum atomic E-state index is 0.222. The molecule has 2 rings (SSSR count). The van der Waals surface area contributed by atoms with Gasteiger partial charge in [-0.1, -0.05) is 0 Å². The monoisotopic (exact) mass is 225 g/mol. The summed E-state index contributed by atoms with van der Waals surface area (Å²) < 4.78 is 0. The number of rotatable bonds is 5. The third-order valence-corrected chi connectivity index (χ3v) is 3.70. The summed E-state index contributed by atoms with van der Waals surface area (Å²) in [5.41, 5.74) is 5.64. The van der Waals surface area contributed by atoms with Crippen LogP contribution in [0, 0.1) is 5.92 Å². The van der Waals surface area contributed by atoms with E-state index in [-0.39, 0.29) is 5.91 Å². The van der Waals surface area contributed by atoms with E-state index in [0.29, 0.717) is 5.92 Å². The first-order valence-electron chi connectivity index (χ1n) is 6.40. The fourth-order valence-corrected chi connectivity index (χ4v) is 2.63. The zero-order valence-electron chi connectivity index (χ0n) is 10.2. The van der Waals surface area contributed by atoms with Gasteiger partial charge in [-0.2, -0.15) is 0 Å². The number of hydrogen-bond acceptors (Lipinski definition) is 3. The van der Waals surface area contributed by atoms with E-state index in [9.17, 15) is 4.79 Å². The summed E-state index contributed by atoms with van der Waals surface area (Å²) in [7, 11) is 0. The van der Waals surface area contributed by atoms with Crippen LogP contribution in [0.25, 0.3) is 0 Å². The lowest BCUT2D eigenvalue weighted by molar-refractivity contribution is -0.127. The van der Waals surface area contributed by atoms with E-state index >= 15 is 0 Å². The average molecular weight is 225 g/mol. The van der Waals surface area contributed by atoms with E-state index < -0.39 is 0 Å². The molecule has 4 nitrogen and oxygen atoms in total. The largest absolute Gasteiger partial charge is 0.343 e. The van der Waals surface area contributed by atoms with Crippen molar-refractivity contribution in [2.24, 2.45) is 11.7 Å². The van der Waals surface area contributed by atoms with Gasteiger partial charge in [0.25, 0.3) is 0 Å². The summed E-state index contributed by atoms with van der Waals surface area (Å²) in [6.07, 6.45) is 3.83. The highest BCUT2D eigenvalue weighted by Gasteiger charge is 2.32. The zero-order chi connectivity index (χ0) is 11.5. The fourth-order valence-electron chi connectivity index (χ4n) is 2.63. The molecule has 1 heterocycles. The molecule has 4 heteroatoms. The second kappa shape index (κ2) is 5.15. The molecule has 0 aromatic carbocycles. The molecule has 0 spiro atoms. The Bertz CT molecular complexity index is 253. The molecule has 0 bridgehead atoms. The van der Waals surface area contributed by atoms with Crippen LogP contribution in [0.4, 0.5) is 0 Å². The third kappa shape index (κ3) is 2.95. The molecule has 16 heavy (non-hydrogen) atoms. The van der Waals surface area contributed by atoms with Crippen molar-refractivity contribution in [3.63, 3.8) is 0 Å². The van der Waals surface area contributed by atoms with Gasteiger partial charge in [0.2, 0.25) is 5.91 Å². The second-order valence-electron chi connectivity index (χ2n) is 5.13. The van der Waals surface area contributed by atoms with Crippen molar-refractivity contribution in [3.05, 3.63) is 0 Å². The zero-order valence-corrected chi connectivity index (χ0v) is 10.2. The molecule has 1 saturated carbocycles. The van der Waals surface area contributed by atoms with E-state index in [4.69, 9.17) is 5.73 Å². The third-order valence-electron chi connectivity index (χ3n) is 3.70. The van der Waals surface area contributed by atoms with Crippen molar-refractivity contribution < 1.29 is 4.79 Å². The maximum absolute atomic E-state index is 11.2. The molecule has 1 aliphatic carbocycles. The van der Waals surface area contributed by atoms with E-state index in [0.717, 1.165) is 45.2 Å². The number of carbonyl (C=O) groups is 1. The Morgan fingerprint density at radius 1 is 1.44 bits per heavy atom. The van der Waals surface area contributed by atoms with Gasteiger partial charge in [0.15, 0.2) is 0 Å². The van der Waals surface area contributed by atoms with Crippen LogP contribution in [0.15, 0.2) is 0 Å². The van der Waals surface area contributed by atoms with E-state index in [2.05, 4.69) is 4.90 Å². The van der Waals surface area contributed by atoms with Gasteiger partial charge in [0.1, 0.15) is 0 Å². The van der Waals surface area contributed by atoms with E-state index in [1.54, 1.807) is 6.92 Å². The molecule has 0 aromatic heterocycles. The van der Waals surface area contributed by atoms with Crippen LogP contribution in [0.5, 0.6) is 0 Å². The van der Waals surface area contributed by atoms with Crippen molar-refractivity contribution in [2.75, 3.05) is 32.7 Å². The Balaban J connectivity index is 1.78. The van der Waals surface area contributed by atoms with Gasteiger partial charge < -0.3 is 10.6 Å². The van der Waals surface area contributed by atoms with Crippen LogP contribution >= 0.6 is 0 Å². The Kier molecular flexibility index (Phi) is 3.82. The second-order valence-corrected chi connectivity index (χ2v) is 5.13. The lowest BCUT2D eigenvalue weighted by Crippen LogP contribution is -2.37. The summed E-state index contributed by atoms with van der Waals surface area (Å²) in [5.74, 6) is 0.885. The number of amides is 1. The molecule has 1 aliphatic heterocycles. The molecular formula is C12H23N3O. The minimum absolute atomic E-state index is 0.222. The van der Waals surface area contributed by atoms with Crippen molar-refractivity contribution in [1.82, 2.24) is 9.80 Å². The highest BCUT2D eigenvalue weighted by molar-refractivity contribution is 5.73. The quantitative estimate of drug-likeness (QED) is 0.731. The Morgan fingerprint density at radius 3 is 2.69 bits per heavy atom. The van der Waals surface area contributed by atoms with Crippen molar-refractivity contribution in [2.45, 2.75) is 32.2 Å². The molecule has 2 aliphatic rings. The Labute approximate surface area is 97.8 Å². The average Bonchev–Trinajstić information content (AvgIpc) is 2.98. The van der Waals surface area contributed by atoms with Crippen LogP contribution in [0.1, 0.15) is 26.2 Å². The van der Waals surface area contributed by atoms with Crippen molar-refractivity contribution in [1.29, 1.82) is 0 Å². The normalized spacial score (nSPS) is 25.4. The van der Waals surface area contributed by atoms with Crippen LogP contribution in [0.2, 0.25) is 0 Å². The van der Waals surface area contributed by atoms with Crippen LogP contribution in [-0.2, 0) is 4.79 Å². The number of carbonyl (C=O) groups excluding carboxylic acids is 1. The maximum Gasteiger partial charge on any atom is 0.219 e. The molecule has 0 aromatic rings. The highest BCUT2D eigenvalue weighted by Crippen LogP contribution is 2.28. The van der Waals surface area contributed by atoms with Crippen LogP contribution < -0.4 is 5.73 Å². The molecule has 0 radical (unpaired) electrons. The van der Waals surface area contributed by atoms with Gasteiger partial charge >= 0.3 is 0 Å². The van der Waals surface area contributed by atoms with Gasteiger partial charge in [-0.05, 0) is 25.2 Å². The van der Waals surface area contributed by atoms with Gasteiger partial charge in [0.05, 0.1) is 0 Å². The van der Waals surface area contributed by atoms with Gasteiger partial charge in [-0.15, -0.1) is 0 Å². The number of likely N-dealkylation sites (tertiary alicyclic amines) is 1. The highest BCUT2D eigenvalue weighted by atomic mass is 16.2. The minimum Gasteiger partial charge on any atom is -0.343 e. The Morgan fingerprint density at radius 2 is 2.19 bits per heavy atom. The van der Waals surface area contributed by atoms with E-state index in [1.807, 2.05) is 4.90 Å². The molecule has 1 atom stereocenters. The topological polar surface area (TPSA) is 49.6 Å². The van der Waals surface area contributed by atoms with Crippen molar-refractivity contribution in [3.8, 4) is 0 Å². The molecule has 1 saturated heterocycles. The molecule has 1 amide bonds. The molecule has 92 valence electrons. The number of nitrogens with zero attached hydrogens (tertiary/aromatic N) is 2. The van der Waals surface area contributed by atoms with Crippen LogP contribution in [-0.4, -0.2) is 54.5 Å². The lowest BCUT2D eigenvalue weighted by Gasteiger charge is -2.24. The predicted molar refractivity (Wildman–Crippen MR) is 64.0 cm³/mol. The molecule has 2 fully saturated rings. The Hall–Kier alpha value is -0.610. The number of hydrogen-bond donors (Lipinski definition) is 1. The smallest absolute Gasteiger partial charge is 0.219 e. The first-order chi connectivity index (χ1) is 7.70. The van der Waals surface area contributed by atoms with Gasteiger partial charge in [-0.3, -0.25) is 9.69 Å². The lowest BCUT2D eigenvalue weighted by atomic mass is 10.1. The standard InChI is InChI=1S/C12H23N3O/c1-10(16)14-6-4-11(8-14)9-15(7-5-13)12-2-3-12/h11-12H,2-9,13H2,1H3. The number of nitrogens with two attached hydrogens (primary N) is 1. The molecule has 1 unspecified atom stereocenters. The van der Waals surface area contributed by atoms with Crippen LogP contribution in [0.3, 0.4) is 0 Å². The SMILES string of the molecule is CC(=O)N1CCC(CN(CCN)C2CC2)C1. The van der Waals surface area contributed by atoms with E-state index in [1.165, 1.54) is 12.8 Å². The first-order valence-corrected chi connectivity index (χ1v) is 6.40. The summed E-state index contributed by atoms with van der Waals surface area (Å²) >= 11 is 0. The maximum atomic E-state index is 11.2. The summed E-state index contributed by atoms with van der Waals surface area (Å²) in [4.78, 5) is 15.7. The summed E-state index contributed by atoms with van der Waals surface area (Å²) in [5, 5.41) is 0.